The van der Waals surface area contributed by atoms with Crippen molar-refractivity contribution in [2.24, 2.45) is 0 Å². The first-order chi connectivity index (χ1) is 14.3. The number of rotatable bonds is 4. The number of aliphatic hydroxyl groups is 1. The molecule has 30 heavy (non-hydrogen) atoms. The lowest BCUT2D eigenvalue weighted by Crippen LogP contribution is -2.30. The van der Waals surface area contributed by atoms with Crippen LogP contribution in [-0.4, -0.2) is 34.3 Å². The van der Waals surface area contributed by atoms with E-state index in [1.165, 1.54) is 4.90 Å². The zero-order chi connectivity index (χ0) is 21.6. The summed E-state index contributed by atoms with van der Waals surface area (Å²) in [6, 6.07) is 9.54. The van der Waals surface area contributed by atoms with Crippen molar-refractivity contribution >= 4 is 40.7 Å². The Morgan fingerprint density at radius 2 is 1.93 bits per heavy atom. The van der Waals surface area contributed by atoms with Gasteiger partial charge in [0.2, 0.25) is 0 Å². The second-order valence-corrected chi connectivity index (χ2v) is 8.44. The third-order valence-corrected chi connectivity index (χ3v) is 6.17. The molecular formula is C23H21Cl2NO4. The molecule has 2 atom stereocenters. The molecule has 5 nitrogen and oxygen atoms in total. The minimum Gasteiger partial charge on any atom is -0.507 e. The van der Waals surface area contributed by atoms with Crippen LogP contribution in [-0.2, 0) is 16.0 Å². The van der Waals surface area contributed by atoms with Crippen LogP contribution in [0.15, 0.2) is 42.0 Å². The monoisotopic (exact) mass is 445 g/mol. The molecule has 0 spiro atoms. The Morgan fingerprint density at radius 3 is 2.63 bits per heavy atom. The smallest absolute Gasteiger partial charge is 0.295 e. The van der Waals surface area contributed by atoms with Crippen molar-refractivity contribution in [1.82, 2.24) is 4.90 Å². The number of likely N-dealkylation sites (tertiary alicyclic amines) is 1. The molecule has 0 aromatic heterocycles. The van der Waals surface area contributed by atoms with Gasteiger partial charge in [-0.1, -0.05) is 36.2 Å². The van der Waals surface area contributed by atoms with Crippen LogP contribution in [0.1, 0.15) is 43.0 Å². The lowest BCUT2D eigenvalue weighted by Gasteiger charge is -2.25. The van der Waals surface area contributed by atoms with Crippen molar-refractivity contribution in [2.45, 2.75) is 38.8 Å². The second-order valence-electron chi connectivity index (χ2n) is 7.62. The average Bonchev–Trinajstić information content (AvgIpc) is 3.21. The molecule has 2 aliphatic heterocycles. The fourth-order valence-electron chi connectivity index (χ4n) is 4.11. The molecule has 4 rings (SSSR count). The summed E-state index contributed by atoms with van der Waals surface area (Å²) in [6.07, 6.45) is 1.44. The van der Waals surface area contributed by atoms with Crippen LogP contribution in [0.25, 0.3) is 5.76 Å². The summed E-state index contributed by atoms with van der Waals surface area (Å²) in [4.78, 5) is 27.2. The third kappa shape index (κ3) is 3.46. The van der Waals surface area contributed by atoms with Crippen LogP contribution in [0.5, 0.6) is 5.75 Å². The molecule has 2 unspecified atom stereocenters. The minimum atomic E-state index is -0.733. The van der Waals surface area contributed by atoms with Crippen LogP contribution in [0.2, 0.25) is 10.0 Å². The lowest BCUT2D eigenvalue weighted by molar-refractivity contribution is -0.139. The molecule has 1 amide bonds. The van der Waals surface area contributed by atoms with Gasteiger partial charge in [-0.3, -0.25) is 9.59 Å². The highest BCUT2D eigenvalue weighted by Crippen LogP contribution is 2.41. The number of fused-ring (bicyclic) bond motifs is 1. The number of benzene rings is 2. The van der Waals surface area contributed by atoms with Gasteiger partial charge in [0, 0.05) is 18.5 Å². The summed E-state index contributed by atoms with van der Waals surface area (Å²) in [5.41, 5.74) is 2.11. The molecule has 2 aliphatic rings. The summed E-state index contributed by atoms with van der Waals surface area (Å²) in [7, 11) is 0. The Bertz CT molecular complexity index is 1080. The first kappa shape index (κ1) is 20.8. The number of amides is 1. The predicted molar refractivity (Wildman–Crippen MR) is 116 cm³/mol. The maximum atomic E-state index is 12.9. The molecule has 1 N–H and O–H groups in total. The highest BCUT2D eigenvalue weighted by Gasteiger charge is 2.45. The Kier molecular flexibility index (Phi) is 5.51. The summed E-state index contributed by atoms with van der Waals surface area (Å²) >= 11 is 12.2. The Morgan fingerprint density at radius 1 is 1.17 bits per heavy atom. The number of aliphatic hydroxyl groups excluding tert-OH is 1. The average molecular weight is 446 g/mol. The standard InChI is InChI=1S/C23H21Cl2NO4/c1-3-8-26-20(13-4-6-16(24)17(25)11-13)19(22(28)23(26)29)21(27)14-5-7-18-15(10-14)9-12(2)30-18/h4-7,10-12,20,27H,3,8-9H2,1-2H3/b21-19-. The Balaban J connectivity index is 1.86. The van der Waals surface area contributed by atoms with Gasteiger partial charge in [0.05, 0.1) is 21.7 Å². The minimum absolute atomic E-state index is 0.0544. The molecular weight excluding hydrogens is 425 g/mol. The van der Waals surface area contributed by atoms with Crippen molar-refractivity contribution in [1.29, 1.82) is 0 Å². The molecule has 2 aromatic carbocycles. The normalized spacial score (nSPS) is 22.3. The van der Waals surface area contributed by atoms with E-state index in [4.69, 9.17) is 27.9 Å². The van der Waals surface area contributed by atoms with Crippen LogP contribution in [0, 0.1) is 0 Å². The number of ether oxygens (including phenoxy) is 1. The number of hydrogen-bond acceptors (Lipinski definition) is 4. The number of ketones is 1. The number of nitrogens with zero attached hydrogens (tertiary/aromatic N) is 1. The van der Waals surface area contributed by atoms with Gasteiger partial charge in [-0.15, -0.1) is 0 Å². The topological polar surface area (TPSA) is 66.8 Å². The van der Waals surface area contributed by atoms with Gasteiger partial charge in [-0.2, -0.15) is 0 Å². The fraction of sp³-hybridized carbons (Fsp3) is 0.304. The molecule has 7 heteroatoms. The Hall–Kier alpha value is -2.50. The van der Waals surface area contributed by atoms with Gasteiger partial charge in [0.25, 0.3) is 11.7 Å². The van der Waals surface area contributed by atoms with Gasteiger partial charge in [-0.25, -0.2) is 0 Å². The predicted octanol–water partition coefficient (Wildman–Crippen LogP) is 5.15. The van der Waals surface area contributed by atoms with E-state index in [0.29, 0.717) is 34.1 Å². The van der Waals surface area contributed by atoms with Crippen LogP contribution < -0.4 is 4.74 Å². The van der Waals surface area contributed by atoms with Crippen molar-refractivity contribution in [2.75, 3.05) is 6.54 Å². The van der Waals surface area contributed by atoms with Crippen LogP contribution in [0.4, 0.5) is 0 Å². The molecule has 0 radical (unpaired) electrons. The number of Topliss-reactive ketones (excluding diaryl/α,β-unsaturated/α-hetero) is 1. The molecule has 2 heterocycles. The first-order valence-corrected chi connectivity index (χ1v) is 10.6. The van der Waals surface area contributed by atoms with Gasteiger partial charge < -0.3 is 14.7 Å². The number of halogens is 2. The second kappa shape index (κ2) is 7.97. The molecule has 0 bridgehead atoms. The van der Waals surface area contributed by atoms with Crippen molar-refractivity contribution in [3.63, 3.8) is 0 Å². The van der Waals surface area contributed by atoms with E-state index >= 15 is 0 Å². The van der Waals surface area contributed by atoms with Crippen molar-refractivity contribution in [3.8, 4) is 5.75 Å². The van der Waals surface area contributed by atoms with E-state index in [1.54, 1.807) is 30.3 Å². The molecule has 156 valence electrons. The van der Waals surface area contributed by atoms with E-state index in [1.807, 2.05) is 19.9 Å². The van der Waals surface area contributed by atoms with E-state index < -0.39 is 17.7 Å². The summed E-state index contributed by atoms with van der Waals surface area (Å²) < 4.78 is 5.71. The van der Waals surface area contributed by atoms with Crippen LogP contribution >= 0.6 is 23.2 Å². The first-order valence-electron chi connectivity index (χ1n) is 9.85. The van der Waals surface area contributed by atoms with E-state index in [0.717, 1.165) is 17.7 Å². The molecule has 1 saturated heterocycles. The molecule has 2 aromatic rings. The SMILES string of the molecule is CCCN1C(=O)C(=O)/C(=C(\O)c2ccc3c(c2)CC(C)O3)C1c1ccc(Cl)c(Cl)c1. The molecule has 1 fully saturated rings. The lowest BCUT2D eigenvalue weighted by atomic mass is 9.94. The number of hydrogen-bond donors (Lipinski definition) is 1. The Labute approximate surface area is 184 Å². The van der Waals surface area contributed by atoms with Gasteiger partial charge in [-0.05, 0) is 54.8 Å². The van der Waals surface area contributed by atoms with Crippen molar-refractivity contribution in [3.05, 3.63) is 68.7 Å². The molecule has 0 aliphatic carbocycles. The number of carbonyl (C=O) groups excluding carboxylic acids is 2. The largest absolute Gasteiger partial charge is 0.507 e. The zero-order valence-electron chi connectivity index (χ0n) is 16.6. The fourth-order valence-corrected chi connectivity index (χ4v) is 4.41. The van der Waals surface area contributed by atoms with E-state index in [-0.39, 0.29) is 17.4 Å². The van der Waals surface area contributed by atoms with Gasteiger partial charge in [0.15, 0.2) is 0 Å². The maximum absolute atomic E-state index is 12.9. The number of carbonyl (C=O) groups is 2. The summed E-state index contributed by atoms with van der Waals surface area (Å²) in [5.74, 6) is -0.772. The van der Waals surface area contributed by atoms with Crippen LogP contribution in [0.3, 0.4) is 0 Å². The van der Waals surface area contributed by atoms with E-state index in [2.05, 4.69) is 0 Å². The highest BCUT2D eigenvalue weighted by molar-refractivity contribution is 6.46. The maximum Gasteiger partial charge on any atom is 0.295 e. The van der Waals surface area contributed by atoms with Gasteiger partial charge in [0.1, 0.15) is 17.6 Å². The zero-order valence-corrected chi connectivity index (χ0v) is 18.1. The van der Waals surface area contributed by atoms with Crippen molar-refractivity contribution < 1.29 is 19.4 Å². The highest BCUT2D eigenvalue weighted by atomic mass is 35.5. The quantitative estimate of drug-likeness (QED) is 0.401. The summed E-state index contributed by atoms with van der Waals surface area (Å²) in [6.45, 7) is 4.27. The van der Waals surface area contributed by atoms with Gasteiger partial charge >= 0.3 is 0 Å². The summed E-state index contributed by atoms with van der Waals surface area (Å²) in [5, 5.41) is 11.8. The van der Waals surface area contributed by atoms with E-state index in [9.17, 15) is 14.7 Å². The molecule has 0 saturated carbocycles. The third-order valence-electron chi connectivity index (χ3n) is 5.43.